The molecule has 20 heteroatoms. The molecule has 0 amide bonds. The number of aliphatic hydroxyl groups is 1. The van der Waals surface area contributed by atoms with Gasteiger partial charge in [0.05, 0.1) is 6.10 Å². The second kappa shape index (κ2) is 9.87. The molecule has 1 aliphatic heterocycles. The molecule has 34 heavy (non-hydrogen) atoms. The van der Waals surface area contributed by atoms with Crippen molar-refractivity contribution in [2.24, 2.45) is 0 Å². The summed E-state index contributed by atoms with van der Waals surface area (Å²) in [7, 11) is -17.1. The van der Waals surface area contributed by atoms with Gasteiger partial charge in [0.2, 0.25) is 5.67 Å². The molecule has 0 bridgehead atoms. The normalized spacial score (nSPS) is 29.5. The molecule has 1 aromatic rings. The van der Waals surface area contributed by atoms with Crippen molar-refractivity contribution in [1.82, 2.24) is 9.55 Å². The van der Waals surface area contributed by atoms with Crippen LogP contribution in [-0.4, -0.2) is 58.2 Å². The lowest BCUT2D eigenvalue weighted by Gasteiger charge is -2.26. The first-order valence-corrected chi connectivity index (χ1v) is 13.5. The number of rotatable bonds is 8. The predicted octanol–water partition coefficient (Wildman–Crippen LogP) is -0.144. The number of phosphoric acid groups is 3. The van der Waals surface area contributed by atoms with Crippen molar-refractivity contribution in [1.29, 1.82) is 0 Å². The Labute approximate surface area is 190 Å². The summed E-state index contributed by atoms with van der Waals surface area (Å²) in [6.45, 7) is 3.55. The molecule has 192 valence electrons. The number of aromatic nitrogens is 2. The van der Waals surface area contributed by atoms with Crippen LogP contribution in [0.5, 0.6) is 0 Å². The van der Waals surface area contributed by atoms with Crippen molar-refractivity contribution < 1.29 is 60.6 Å². The summed E-state index contributed by atoms with van der Waals surface area (Å²) in [5.74, 6) is 4.14. The zero-order valence-electron chi connectivity index (χ0n) is 17.6. The largest absolute Gasteiger partial charge is 0.490 e. The van der Waals surface area contributed by atoms with Gasteiger partial charge < -0.3 is 35.2 Å². The summed E-state index contributed by atoms with van der Waals surface area (Å²) in [6, 6.07) is 1.21. The molecule has 0 aromatic carbocycles. The maximum Gasteiger partial charge on any atom is 0.490 e. The van der Waals surface area contributed by atoms with Gasteiger partial charge in [-0.05, 0) is 26.8 Å². The third kappa shape index (κ3) is 6.58. The highest BCUT2D eigenvalue weighted by molar-refractivity contribution is 7.66. The predicted molar refractivity (Wildman–Crippen MR) is 109 cm³/mol. The number of phosphoric ester groups is 1. The van der Waals surface area contributed by atoms with E-state index in [2.05, 4.69) is 30.0 Å². The number of aliphatic hydroxyl groups excluding tert-OH is 1. The molecule has 0 aliphatic carbocycles. The van der Waals surface area contributed by atoms with E-state index >= 15 is 4.39 Å². The Bertz CT molecular complexity index is 1210. The standard InChI is InChI=1S/C14H21FN3O13P3/c1-4-5-14(15)11(19)10(28-12(14)18-7(2)6-9(16)17-13(18)20)8(3)29-33(24,25)31-34(26,27)30-32(21,22)23/h6,8,10-12,19H,1-3H3,(H,24,25)(H,26,27)(H2,16,17,20)(H2,21,22,23)/t8-,10+,11-,12+,14?/m0/s1. The highest BCUT2D eigenvalue weighted by atomic mass is 31.3. The van der Waals surface area contributed by atoms with Crippen molar-refractivity contribution in [3.8, 4) is 11.8 Å². The molecule has 1 aliphatic rings. The van der Waals surface area contributed by atoms with Crippen LogP contribution in [0.1, 0.15) is 25.8 Å². The van der Waals surface area contributed by atoms with E-state index < -0.39 is 59.4 Å². The summed E-state index contributed by atoms with van der Waals surface area (Å²) in [4.78, 5) is 51.9. The van der Waals surface area contributed by atoms with E-state index in [0.717, 1.165) is 6.92 Å². The van der Waals surface area contributed by atoms with Crippen LogP contribution in [0.25, 0.3) is 0 Å². The van der Waals surface area contributed by atoms with Crippen molar-refractivity contribution in [3.05, 3.63) is 22.2 Å². The summed E-state index contributed by atoms with van der Waals surface area (Å²) in [5, 5.41) is 10.6. The van der Waals surface area contributed by atoms with Crippen molar-refractivity contribution in [3.63, 3.8) is 0 Å². The fraction of sp³-hybridized carbons (Fsp3) is 0.571. The molecule has 1 saturated heterocycles. The fourth-order valence-corrected chi connectivity index (χ4v) is 6.34. The first kappa shape index (κ1) is 28.7. The molecule has 2 heterocycles. The first-order chi connectivity index (χ1) is 15.3. The smallest absolute Gasteiger partial charge is 0.386 e. The molecule has 1 aromatic heterocycles. The van der Waals surface area contributed by atoms with E-state index in [4.69, 9.17) is 20.3 Å². The minimum atomic E-state index is -5.82. The van der Waals surface area contributed by atoms with Crippen molar-refractivity contribution in [2.75, 3.05) is 5.73 Å². The minimum absolute atomic E-state index is 0.0656. The molecule has 3 unspecified atom stereocenters. The van der Waals surface area contributed by atoms with E-state index in [1.165, 1.54) is 19.9 Å². The van der Waals surface area contributed by atoms with Crippen LogP contribution in [0.3, 0.4) is 0 Å². The summed E-state index contributed by atoms with van der Waals surface area (Å²) in [5.41, 5.74) is 1.52. The quantitative estimate of drug-likeness (QED) is 0.182. The molecule has 0 radical (unpaired) electrons. The van der Waals surface area contributed by atoms with Crippen LogP contribution < -0.4 is 11.4 Å². The number of anilines is 1. The second-order valence-corrected chi connectivity index (χ2v) is 11.3. The SMILES string of the molecule is CC#CC1(F)[C@@H](O)[C@@H]([C@H](C)OP(=O)(O)OP(=O)(O)OP(=O)(O)O)O[C@H]1n1c(C)cc(N)nc1=O. The minimum Gasteiger partial charge on any atom is -0.386 e. The lowest BCUT2D eigenvalue weighted by molar-refractivity contribution is -0.0786. The molecular formula is C14H21FN3O13P3. The number of hydrogen-bond donors (Lipinski definition) is 6. The number of nitrogens with two attached hydrogens (primary N) is 1. The van der Waals surface area contributed by atoms with E-state index in [-0.39, 0.29) is 11.5 Å². The third-order valence-corrected chi connectivity index (χ3v) is 8.21. The zero-order chi connectivity index (χ0) is 26.3. The highest BCUT2D eigenvalue weighted by Gasteiger charge is 2.60. The maximum absolute atomic E-state index is 15.8. The van der Waals surface area contributed by atoms with Gasteiger partial charge in [0.15, 0.2) is 6.23 Å². The Balaban J connectivity index is 2.37. The molecule has 7 atom stereocenters. The summed E-state index contributed by atoms with van der Waals surface area (Å²) < 4.78 is 68.0. The summed E-state index contributed by atoms with van der Waals surface area (Å²) >= 11 is 0. The van der Waals surface area contributed by atoms with Crippen LogP contribution in [0.4, 0.5) is 10.2 Å². The van der Waals surface area contributed by atoms with Crippen LogP contribution >= 0.6 is 23.5 Å². The Morgan fingerprint density at radius 1 is 1.26 bits per heavy atom. The van der Waals surface area contributed by atoms with Crippen LogP contribution in [-0.2, 0) is 31.6 Å². The number of alkyl halides is 1. The first-order valence-electron chi connectivity index (χ1n) is 8.96. The third-order valence-electron chi connectivity index (χ3n) is 4.28. The lowest BCUT2D eigenvalue weighted by Crippen LogP contribution is -2.46. The van der Waals surface area contributed by atoms with Crippen LogP contribution in [0.2, 0.25) is 0 Å². The summed E-state index contributed by atoms with van der Waals surface area (Å²) in [6.07, 6.45) is -7.77. The van der Waals surface area contributed by atoms with Gasteiger partial charge in [0.25, 0.3) is 0 Å². The van der Waals surface area contributed by atoms with Gasteiger partial charge in [0.1, 0.15) is 18.0 Å². The average molecular weight is 551 g/mol. The maximum atomic E-state index is 15.8. The Morgan fingerprint density at radius 3 is 2.35 bits per heavy atom. The molecular weight excluding hydrogens is 530 g/mol. The molecule has 1 fully saturated rings. The van der Waals surface area contributed by atoms with Gasteiger partial charge in [-0.15, -0.1) is 5.92 Å². The monoisotopic (exact) mass is 551 g/mol. The van der Waals surface area contributed by atoms with Crippen LogP contribution in [0.15, 0.2) is 10.9 Å². The van der Waals surface area contributed by atoms with Gasteiger partial charge in [0, 0.05) is 5.69 Å². The molecule has 7 N–H and O–H groups in total. The van der Waals surface area contributed by atoms with Crippen molar-refractivity contribution >= 4 is 29.3 Å². The van der Waals surface area contributed by atoms with E-state index in [1.807, 2.05) is 0 Å². The molecule has 16 nitrogen and oxygen atoms in total. The van der Waals surface area contributed by atoms with E-state index in [0.29, 0.717) is 4.57 Å². The van der Waals surface area contributed by atoms with E-state index in [1.54, 1.807) is 0 Å². The topological polar surface area (TPSA) is 250 Å². The molecule has 2 rings (SSSR count). The lowest BCUT2D eigenvalue weighted by atomic mass is 9.94. The van der Waals surface area contributed by atoms with E-state index in [9.17, 15) is 33.4 Å². The van der Waals surface area contributed by atoms with Gasteiger partial charge in [-0.1, -0.05) is 5.92 Å². The Hall–Kier alpha value is -1.50. The fourth-order valence-electron chi connectivity index (χ4n) is 3.14. The number of aryl methyl sites for hydroxylation is 1. The number of nitrogens with zero attached hydrogens (tertiary/aromatic N) is 2. The van der Waals surface area contributed by atoms with Gasteiger partial charge in [-0.25, -0.2) is 22.9 Å². The average Bonchev–Trinajstić information content (AvgIpc) is 2.83. The molecule has 0 saturated carbocycles. The number of nitrogen functional groups attached to an aromatic ring is 1. The second-order valence-electron chi connectivity index (χ2n) is 6.92. The number of ether oxygens (including phenoxy) is 1. The Morgan fingerprint density at radius 2 is 1.85 bits per heavy atom. The van der Waals surface area contributed by atoms with Gasteiger partial charge >= 0.3 is 29.2 Å². The zero-order valence-corrected chi connectivity index (χ0v) is 20.3. The molecule has 0 spiro atoms. The van der Waals surface area contributed by atoms with Crippen LogP contribution in [0, 0.1) is 18.8 Å². The van der Waals surface area contributed by atoms with Crippen molar-refractivity contribution in [2.45, 2.75) is 51.0 Å². The Kier molecular flexibility index (Phi) is 8.34. The van der Waals surface area contributed by atoms with Gasteiger partial charge in [-0.2, -0.15) is 13.6 Å². The number of halogens is 1. The highest BCUT2D eigenvalue weighted by Crippen LogP contribution is 2.66. The number of hydrogen-bond acceptors (Lipinski definition) is 11. The van der Waals surface area contributed by atoms with Gasteiger partial charge in [-0.3, -0.25) is 9.09 Å².